The van der Waals surface area contributed by atoms with E-state index in [9.17, 15) is 14.4 Å². The predicted octanol–water partition coefficient (Wildman–Crippen LogP) is 4.54. The van der Waals surface area contributed by atoms with Gasteiger partial charge in [0, 0.05) is 25.9 Å². The van der Waals surface area contributed by atoms with Crippen molar-refractivity contribution in [3.63, 3.8) is 0 Å². The Morgan fingerprint density at radius 2 is 1.97 bits per heavy atom. The number of likely N-dealkylation sites (tertiary alicyclic amines) is 1. The smallest absolute Gasteiger partial charge is 0.409 e. The van der Waals surface area contributed by atoms with Crippen molar-refractivity contribution in [1.29, 1.82) is 0 Å². The lowest BCUT2D eigenvalue weighted by atomic mass is 10.1. The number of rotatable bonds is 7. The molecule has 36 heavy (non-hydrogen) atoms. The van der Waals surface area contributed by atoms with Crippen LogP contribution in [0.5, 0.6) is 17.5 Å². The third-order valence-corrected chi connectivity index (χ3v) is 6.33. The molecule has 3 amide bonds. The Labute approximate surface area is 213 Å². The molecular weight excluding hydrogens is 484 g/mol. The summed E-state index contributed by atoms with van der Waals surface area (Å²) < 4.78 is 17.4. The van der Waals surface area contributed by atoms with Crippen molar-refractivity contribution in [2.24, 2.45) is 5.92 Å². The maximum Gasteiger partial charge on any atom is 0.409 e. The van der Waals surface area contributed by atoms with Gasteiger partial charge in [-0.2, -0.15) is 0 Å². The van der Waals surface area contributed by atoms with Gasteiger partial charge < -0.3 is 19.1 Å². The van der Waals surface area contributed by atoms with E-state index in [1.54, 1.807) is 29.2 Å². The number of nitrogens with one attached hydrogen (secondary N) is 1. The summed E-state index contributed by atoms with van der Waals surface area (Å²) in [5, 5.41) is 1.85. The first kappa shape index (κ1) is 25.5. The fourth-order valence-electron chi connectivity index (χ4n) is 3.64. The largest absolute Gasteiger partial charge is 0.474 e. The summed E-state index contributed by atoms with van der Waals surface area (Å²) in [6, 6.07) is 7.11. The first-order chi connectivity index (χ1) is 17.3. The van der Waals surface area contributed by atoms with Gasteiger partial charge in [0.05, 0.1) is 17.1 Å². The molecular formula is C25H28N4O6S. The number of benzene rings is 1. The van der Waals surface area contributed by atoms with Crippen LogP contribution in [-0.4, -0.2) is 57.9 Å². The van der Waals surface area contributed by atoms with Crippen LogP contribution in [-0.2, 0) is 9.53 Å². The lowest BCUT2D eigenvalue weighted by molar-refractivity contribution is -0.115. The molecule has 0 spiro atoms. The highest BCUT2D eigenvalue weighted by Gasteiger charge is 2.27. The summed E-state index contributed by atoms with van der Waals surface area (Å²) >= 11 is 0.859. The van der Waals surface area contributed by atoms with E-state index in [2.05, 4.69) is 15.3 Å². The minimum atomic E-state index is -0.414. The molecule has 0 atom stereocenters. The second-order valence-electron chi connectivity index (χ2n) is 8.91. The van der Waals surface area contributed by atoms with Crippen LogP contribution in [0.25, 0.3) is 6.08 Å². The van der Waals surface area contributed by atoms with Gasteiger partial charge in [0.1, 0.15) is 18.2 Å². The number of thioether (sulfide) groups is 1. The Morgan fingerprint density at radius 3 is 2.67 bits per heavy atom. The van der Waals surface area contributed by atoms with Gasteiger partial charge in [0.25, 0.3) is 11.1 Å². The molecule has 190 valence electrons. The highest BCUT2D eigenvalue weighted by atomic mass is 32.2. The molecule has 1 N–H and O–H groups in total. The Balaban J connectivity index is 1.37. The van der Waals surface area contributed by atoms with E-state index in [4.69, 9.17) is 14.2 Å². The average molecular weight is 513 g/mol. The summed E-state index contributed by atoms with van der Waals surface area (Å²) in [7, 11) is 0. The first-order valence-electron chi connectivity index (χ1n) is 11.7. The first-order valence-corrected chi connectivity index (χ1v) is 12.5. The van der Waals surface area contributed by atoms with E-state index in [1.165, 1.54) is 6.33 Å². The third-order valence-electron chi connectivity index (χ3n) is 5.52. The summed E-state index contributed by atoms with van der Waals surface area (Å²) in [4.78, 5) is 45.9. The molecule has 3 heterocycles. The number of nitrogens with zero attached hydrogens (tertiary/aromatic N) is 3. The highest BCUT2D eigenvalue weighted by Crippen LogP contribution is 2.31. The van der Waals surface area contributed by atoms with Crippen LogP contribution >= 0.6 is 11.8 Å². The average Bonchev–Trinajstić information content (AvgIpc) is 3.17. The van der Waals surface area contributed by atoms with Gasteiger partial charge in [0.2, 0.25) is 11.8 Å². The topological polar surface area (TPSA) is 120 Å². The summed E-state index contributed by atoms with van der Waals surface area (Å²) in [5.41, 5.74) is 1.36. The van der Waals surface area contributed by atoms with Gasteiger partial charge >= 0.3 is 6.09 Å². The quantitative estimate of drug-likeness (QED) is 0.533. The van der Waals surface area contributed by atoms with Crippen LogP contribution in [0.3, 0.4) is 0 Å². The molecule has 0 unspecified atom stereocenters. The maximum absolute atomic E-state index is 12.2. The van der Waals surface area contributed by atoms with E-state index in [-0.39, 0.29) is 17.4 Å². The Kier molecular flexibility index (Phi) is 8.09. The fourth-order valence-corrected chi connectivity index (χ4v) is 4.32. The molecule has 11 heteroatoms. The number of carbonyl (C=O) groups excluding carboxylic acids is 3. The second-order valence-corrected chi connectivity index (χ2v) is 9.93. The highest BCUT2D eigenvalue weighted by molar-refractivity contribution is 8.18. The molecule has 2 saturated heterocycles. The van der Waals surface area contributed by atoms with Crippen LogP contribution in [0.2, 0.25) is 0 Å². The van der Waals surface area contributed by atoms with Gasteiger partial charge in [0.15, 0.2) is 0 Å². The van der Waals surface area contributed by atoms with Gasteiger partial charge in [-0.05, 0) is 48.4 Å². The van der Waals surface area contributed by atoms with Crippen LogP contribution in [0, 0.1) is 12.8 Å². The van der Waals surface area contributed by atoms with Crippen LogP contribution in [0.15, 0.2) is 35.5 Å². The summed E-state index contributed by atoms with van der Waals surface area (Å²) in [5.74, 6) is 1.17. The van der Waals surface area contributed by atoms with Gasteiger partial charge in [-0.25, -0.2) is 14.8 Å². The zero-order valence-corrected chi connectivity index (χ0v) is 21.2. The van der Waals surface area contributed by atoms with Crippen molar-refractivity contribution in [3.05, 3.63) is 46.6 Å². The fraction of sp³-hybridized carbons (Fsp3) is 0.400. The lowest BCUT2D eigenvalue weighted by Crippen LogP contribution is -2.42. The third kappa shape index (κ3) is 6.54. The minimum Gasteiger partial charge on any atom is -0.474 e. The van der Waals surface area contributed by atoms with Crippen LogP contribution in [0.4, 0.5) is 9.59 Å². The number of carbonyl (C=O) groups is 3. The van der Waals surface area contributed by atoms with Crippen molar-refractivity contribution >= 4 is 35.1 Å². The Bertz CT molecular complexity index is 1180. The zero-order valence-electron chi connectivity index (χ0n) is 20.4. The normalized spacial score (nSPS) is 17.4. The van der Waals surface area contributed by atoms with Crippen molar-refractivity contribution in [3.8, 4) is 17.5 Å². The number of hydrogen-bond donors (Lipinski definition) is 1. The maximum atomic E-state index is 12.2. The number of piperidine rings is 1. The number of hydrogen-bond acceptors (Lipinski definition) is 9. The van der Waals surface area contributed by atoms with Crippen LogP contribution < -0.4 is 14.8 Å². The van der Waals surface area contributed by atoms with Gasteiger partial charge in [-0.3, -0.25) is 14.9 Å². The monoisotopic (exact) mass is 512 g/mol. The molecule has 10 nitrogen and oxygen atoms in total. The van der Waals surface area contributed by atoms with Crippen LogP contribution in [0.1, 0.15) is 37.8 Å². The Morgan fingerprint density at radius 1 is 1.22 bits per heavy atom. The van der Waals surface area contributed by atoms with Crippen molar-refractivity contribution in [1.82, 2.24) is 20.2 Å². The lowest BCUT2D eigenvalue weighted by Gasteiger charge is -2.31. The molecule has 0 bridgehead atoms. The standard InChI is InChI=1S/C25H28N4O6S/c1-15(2)13-33-25(32)29-9-7-18(8-10-29)34-22-16(3)23(27-14-26-22)35-19-6-4-5-17(11-19)12-20-21(30)28-24(31)36-20/h4-6,11-12,14-15,18H,7-10,13H2,1-3H3,(H,28,30,31)/b20-12+. The SMILES string of the molecule is Cc1c(Oc2cccc(/C=C3/SC(=O)NC3=O)c2)ncnc1OC1CCN(C(=O)OCC(C)C)CC1. The summed E-state index contributed by atoms with van der Waals surface area (Å²) in [6.07, 6.45) is 3.97. The molecule has 0 radical (unpaired) electrons. The molecule has 1 aromatic heterocycles. The number of amides is 3. The molecule has 2 aromatic rings. The molecule has 0 aliphatic carbocycles. The zero-order chi connectivity index (χ0) is 25.7. The van der Waals surface area contributed by atoms with Crippen molar-refractivity contribution in [2.45, 2.75) is 39.7 Å². The van der Waals surface area contributed by atoms with E-state index in [1.807, 2.05) is 26.8 Å². The van der Waals surface area contributed by atoms with Gasteiger partial charge in [-0.1, -0.05) is 26.0 Å². The predicted molar refractivity (Wildman–Crippen MR) is 134 cm³/mol. The number of aromatic nitrogens is 2. The van der Waals surface area contributed by atoms with E-state index >= 15 is 0 Å². The Hall–Kier alpha value is -3.60. The molecule has 2 aliphatic rings. The van der Waals surface area contributed by atoms with E-state index in [0.29, 0.717) is 72.0 Å². The van der Waals surface area contributed by atoms with Gasteiger partial charge in [-0.15, -0.1) is 0 Å². The van der Waals surface area contributed by atoms with Crippen molar-refractivity contribution < 1.29 is 28.6 Å². The number of ether oxygens (including phenoxy) is 3. The van der Waals surface area contributed by atoms with E-state index < -0.39 is 5.91 Å². The molecule has 2 aliphatic heterocycles. The molecule has 0 saturated carbocycles. The second kappa shape index (κ2) is 11.4. The molecule has 4 rings (SSSR count). The molecule has 1 aromatic carbocycles. The van der Waals surface area contributed by atoms with E-state index in [0.717, 1.165) is 11.8 Å². The van der Waals surface area contributed by atoms with Crippen molar-refractivity contribution in [2.75, 3.05) is 19.7 Å². The number of imide groups is 1. The minimum absolute atomic E-state index is 0.0895. The molecule has 2 fully saturated rings. The summed E-state index contributed by atoms with van der Waals surface area (Å²) in [6.45, 7) is 7.34.